The van der Waals surface area contributed by atoms with E-state index in [9.17, 15) is 4.79 Å². The number of nitrogens with one attached hydrogen (secondary N) is 1. The number of amides is 1. The van der Waals surface area contributed by atoms with Gasteiger partial charge in [0.25, 0.3) is 0 Å². The number of hydrogen-bond donors (Lipinski definition) is 2. The van der Waals surface area contributed by atoms with Gasteiger partial charge in [0, 0.05) is 10.6 Å². The van der Waals surface area contributed by atoms with Gasteiger partial charge >= 0.3 is 0 Å². The fraction of sp³-hybridized carbons (Fsp3) is 0.214. The average Bonchev–Trinajstić information content (AvgIpc) is 2.92. The van der Waals surface area contributed by atoms with E-state index < -0.39 is 0 Å². The predicted molar refractivity (Wildman–Crippen MR) is 88.1 cm³/mol. The van der Waals surface area contributed by atoms with Crippen LogP contribution in [0.5, 0.6) is 0 Å². The molecular weight excluding hydrogens is 331 g/mol. The first kappa shape index (κ1) is 16.1. The van der Waals surface area contributed by atoms with Crippen LogP contribution in [-0.2, 0) is 16.1 Å². The van der Waals surface area contributed by atoms with Crippen LogP contribution >= 0.6 is 34.5 Å². The van der Waals surface area contributed by atoms with Crippen molar-refractivity contribution >= 4 is 51.8 Å². The monoisotopic (exact) mass is 344 g/mol. The van der Waals surface area contributed by atoms with Gasteiger partial charge in [-0.25, -0.2) is 0 Å². The minimum Gasteiger partial charge on any atom is -0.399 e. The Kier molecular flexibility index (Phi) is 5.87. The Morgan fingerprint density at radius 3 is 2.67 bits per heavy atom. The Morgan fingerprint density at radius 2 is 2.05 bits per heavy atom. The highest BCUT2D eigenvalue weighted by atomic mass is 35.5. The maximum Gasteiger partial charge on any atom is 0.226 e. The number of carbonyl (C=O) groups excluding carboxylic acids is 1. The third-order valence-corrected chi connectivity index (χ3v) is 4.07. The van der Waals surface area contributed by atoms with Crippen LogP contribution in [0, 0.1) is 0 Å². The van der Waals surface area contributed by atoms with Crippen LogP contribution in [0.1, 0.15) is 11.3 Å². The fourth-order valence-corrected chi connectivity index (χ4v) is 2.89. The van der Waals surface area contributed by atoms with Gasteiger partial charge < -0.3 is 15.8 Å². The van der Waals surface area contributed by atoms with Crippen molar-refractivity contribution in [2.45, 2.75) is 13.0 Å². The number of benzene rings is 1. The largest absolute Gasteiger partial charge is 0.399 e. The minimum absolute atomic E-state index is 0.213. The molecule has 3 N–H and O–H groups in total. The van der Waals surface area contributed by atoms with Crippen LogP contribution in [0.4, 0.5) is 11.4 Å². The standard InChI is InChI=1S/C14H14Cl2N2O2S/c15-11-6-9(17)7-12(16)14(11)18-13(19)3-4-20-8-10-2-1-5-21-10/h1-2,5-7H,3-4,8,17H2,(H,18,19). The zero-order valence-corrected chi connectivity index (χ0v) is 13.4. The van der Waals surface area contributed by atoms with Crippen molar-refractivity contribution in [3.63, 3.8) is 0 Å². The first-order chi connectivity index (χ1) is 10.1. The molecule has 1 amide bonds. The Morgan fingerprint density at radius 1 is 1.33 bits per heavy atom. The van der Waals surface area contributed by atoms with Gasteiger partial charge in [-0.3, -0.25) is 4.79 Å². The highest BCUT2D eigenvalue weighted by molar-refractivity contribution is 7.09. The molecule has 0 saturated carbocycles. The molecule has 4 nitrogen and oxygen atoms in total. The lowest BCUT2D eigenvalue weighted by atomic mass is 10.2. The summed E-state index contributed by atoms with van der Waals surface area (Å²) in [5.74, 6) is -0.213. The molecule has 0 saturated heterocycles. The summed E-state index contributed by atoms with van der Waals surface area (Å²) in [5, 5.41) is 5.27. The molecule has 0 aliphatic rings. The van der Waals surface area contributed by atoms with Gasteiger partial charge in [0.2, 0.25) is 5.91 Å². The van der Waals surface area contributed by atoms with E-state index in [1.165, 1.54) is 12.1 Å². The summed E-state index contributed by atoms with van der Waals surface area (Å²) in [6.45, 7) is 0.836. The van der Waals surface area contributed by atoms with Crippen LogP contribution < -0.4 is 11.1 Å². The van der Waals surface area contributed by atoms with Gasteiger partial charge in [0.1, 0.15) is 0 Å². The smallest absolute Gasteiger partial charge is 0.226 e. The van der Waals surface area contributed by atoms with E-state index in [0.717, 1.165) is 4.88 Å². The first-order valence-corrected chi connectivity index (χ1v) is 7.84. The van der Waals surface area contributed by atoms with Crippen molar-refractivity contribution in [1.82, 2.24) is 0 Å². The molecule has 1 aromatic heterocycles. The predicted octanol–water partition coefficient (Wildman–Crippen LogP) is 4.18. The quantitative estimate of drug-likeness (QED) is 0.610. The van der Waals surface area contributed by atoms with E-state index in [1.807, 2.05) is 17.5 Å². The summed E-state index contributed by atoms with van der Waals surface area (Å²) in [5.41, 5.74) is 6.42. The summed E-state index contributed by atoms with van der Waals surface area (Å²) in [6.07, 6.45) is 0.225. The minimum atomic E-state index is -0.213. The second kappa shape index (κ2) is 7.66. The van der Waals surface area contributed by atoms with E-state index in [-0.39, 0.29) is 12.3 Å². The van der Waals surface area contributed by atoms with Crippen molar-refractivity contribution in [1.29, 1.82) is 0 Å². The number of halogens is 2. The van der Waals surface area contributed by atoms with Gasteiger partial charge in [-0.15, -0.1) is 11.3 Å². The zero-order valence-electron chi connectivity index (χ0n) is 11.1. The highest BCUT2D eigenvalue weighted by Crippen LogP contribution is 2.32. The van der Waals surface area contributed by atoms with Crippen molar-refractivity contribution in [3.8, 4) is 0 Å². The van der Waals surface area contributed by atoms with Crippen molar-refractivity contribution in [2.75, 3.05) is 17.7 Å². The molecule has 0 spiro atoms. The number of anilines is 2. The van der Waals surface area contributed by atoms with E-state index in [0.29, 0.717) is 34.6 Å². The first-order valence-electron chi connectivity index (χ1n) is 6.21. The number of carbonyl (C=O) groups is 1. The van der Waals surface area contributed by atoms with Crippen LogP contribution in [0.15, 0.2) is 29.6 Å². The zero-order chi connectivity index (χ0) is 15.2. The number of nitrogen functional groups attached to an aromatic ring is 1. The lowest BCUT2D eigenvalue weighted by Crippen LogP contribution is -2.14. The Bertz CT molecular complexity index is 594. The molecule has 7 heteroatoms. The molecule has 0 aliphatic heterocycles. The molecular formula is C14H14Cl2N2O2S. The lowest BCUT2D eigenvalue weighted by Gasteiger charge is -2.10. The van der Waals surface area contributed by atoms with Crippen LogP contribution in [0.2, 0.25) is 10.0 Å². The van der Waals surface area contributed by atoms with E-state index in [1.54, 1.807) is 11.3 Å². The van der Waals surface area contributed by atoms with Crippen molar-refractivity contribution < 1.29 is 9.53 Å². The second-order valence-electron chi connectivity index (χ2n) is 4.29. The average molecular weight is 345 g/mol. The van der Waals surface area contributed by atoms with Crippen molar-refractivity contribution in [2.24, 2.45) is 0 Å². The van der Waals surface area contributed by atoms with Crippen LogP contribution in [0.3, 0.4) is 0 Å². The molecule has 0 atom stereocenters. The molecule has 2 rings (SSSR count). The maximum absolute atomic E-state index is 11.8. The maximum atomic E-state index is 11.8. The number of ether oxygens (including phenoxy) is 1. The van der Waals surface area contributed by atoms with Gasteiger partial charge in [-0.05, 0) is 23.6 Å². The SMILES string of the molecule is Nc1cc(Cl)c(NC(=O)CCOCc2cccs2)c(Cl)c1. The van der Waals surface area contributed by atoms with Crippen molar-refractivity contribution in [3.05, 3.63) is 44.6 Å². The van der Waals surface area contributed by atoms with Gasteiger partial charge in [-0.1, -0.05) is 29.3 Å². The Labute approximate surface area is 136 Å². The molecule has 0 radical (unpaired) electrons. The molecule has 2 aromatic rings. The van der Waals surface area contributed by atoms with Gasteiger partial charge in [0.15, 0.2) is 0 Å². The molecule has 0 fully saturated rings. The number of hydrogen-bond acceptors (Lipinski definition) is 4. The van der Waals surface area contributed by atoms with E-state index >= 15 is 0 Å². The van der Waals surface area contributed by atoms with E-state index in [2.05, 4.69) is 5.32 Å². The second-order valence-corrected chi connectivity index (χ2v) is 6.14. The van der Waals surface area contributed by atoms with Crippen LogP contribution in [-0.4, -0.2) is 12.5 Å². The lowest BCUT2D eigenvalue weighted by molar-refractivity contribution is -0.117. The molecule has 0 bridgehead atoms. The Hall–Kier alpha value is -1.27. The number of thiophene rings is 1. The summed E-state index contributed by atoms with van der Waals surface area (Å²) < 4.78 is 5.43. The third kappa shape index (κ3) is 4.89. The topological polar surface area (TPSA) is 64.3 Å². The number of nitrogens with two attached hydrogens (primary N) is 1. The molecule has 1 heterocycles. The molecule has 0 aliphatic carbocycles. The highest BCUT2D eigenvalue weighted by Gasteiger charge is 2.11. The normalized spacial score (nSPS) is 10.6. The molecule has 1 aromatic carbocycles. The van der Waals surface area contributed by atoms with Gasteiger partial charge in [-0.2, -0.15) is 0 Å². The number of rotatable bonds is 6. The third-order valence-electron chi connectivity index (χ3n) is 2.63. The molecule has 112 valence electrons. The fourth-order valence-electron chi connectivity index (χ4n) is 1.65. The molecule has 0 unspecified atom stereocenters. The molecule has 21 heavy (non-hydrogen) atoms. The Balaban J connectivity index is 1.79. The summed E-state index contributed by atoms with van der Waals surface area (Å²) in [6, 6.07) is 7.02. The summed E-state index contributed by atoms with van der Waals surface area (Å²) >= 11 is 13.6. The van der Waals surface area contributed by atoms with E-state index in [4.69, 9.17) is 33.7 Å². The summed E-state index contributed by atoms with van der Waals surface area (Å²) in [4.78, 5) is 13.0. The van der Waals surface area contributed by atoms with Gasteiger partial charge in [0.05, 0.1) is 35.4 Å². The van der Waals surface area contributed by atoms with Crippen LogP contribution in [0.25, 0.3) is 0 Å². The summed E-state index contributed by atoms with van der Waals surface area (Å²) in [7, 11) is 0.